The van der Waals surface area contributed by atoms with Crippen LogP contribution in [-0.2, 0) is 0 Å². The Kier molecular flexibility index (Phi) is 3.30. The molecule has 0 bridgehead atoms. The van der Waals surface area contributed by atoms with E-state index in [-0.39, 0.29) is 4.83 Å². The Balaban J connectivity index is 2.31. The number of fused-ring (bicyclic) bond motifs is 1. The van der Waals surface area contributed by atoms with Gasteiger partial charge >= 0.3 is 0 Å². The van der Waals surface area contributed by atoms with E-state index in [1.165, 1.54) is 10.8 Å². The van der Waals surface area contributed by atoms with Crippen LogP contribution in [0.15, 0.2) is 54.9 Å². The zero-order valence-corrected chi connectivity index (χ0v) is 12.1. The van der Waals surface area contributed by atoms with Gasteiger partial charge in [-0.05, 0) is 24.4 Å². The van der Waals surface area contributed by atoms with Gasteiger partial charge in [-0.3, -0.25) is 9.97 Å². The maximum absolute atomic E-state index is 4.60. The molecule has 3 heteroatoms. The van der Waals surface area contributed by atoms with Crippen molar-refractivity contribution >= 4 is 26.7 Å². The first-order chi connectivity index (χ1) is 9.27. The second kappa shape index (κ2) is 5.10. The largest absolute Gasteiger partial charge is 0.259 e. The molecule has 1 unspecified atom stereocenters. The van der Waals surface area contributed by atoms with Gasteiger partial charge in [-0.1, -0.05) is 46.3 Å². The van der Waals surface area contributed by atoms with Crippen molar-refractivity contribution in [3.05, 3.63) is 60.6 Å². The van der Waals surface area contributed by atoms with Crippen molar-refractivity contribution in [3.8, 4) is 11.3 Å². The molecule has 2 heterocycles. The molecule has 3 rings (SSSR count). The van der Waals surface area contributed by atoms with E-state index in [9.17, 15) is 0 Å². The van der Waals surface area contributed by atoms with Crippen molar-refractivity contribution in [2.45, 2.75) is 11.8 Å². The second-order valence-corrected chi connectivity index (χ2v) is 5.81. The average molecular weight is 313 g/mol. The highest BCUT2D eigenvalue weighted by Gasteiger charge is 2.12. The van der Waals surface area contributed by atoms with Crippen LogP contribution >= 0.6 is 15.9 Å². The Hall–Kier alpha value is -1.74. The molecular formula is C16H13BrN2. The monoisotopic (exact) mass is 312 g/mol. The minimum Gasteiger partial charge on any atom is -0.259 e. The second-order valence-electron chi connectivity index (χ2n) is 4.43. The molecule has 0 amide bonds. The highest BCUT2D eigenvalue weighted by molar-refractivity contribution is 9.09. The molecule has 0 saturated heterocycles. The van der Waals surface area contributed by atoms with Crippen molar-refractivity contribution in [3.63, 3.8) is 0 Å². The smallest absolute Gasteiger partial charge is 0.0723 e. The van der Waals surface area contributed by atoms with Crippen LogP contribution in [0.2, 0.25) is 0 Å². The molecule has 0 fully saturated rings. The van der Waals surface area contributed by atoms with E-state index in [1.807, 2.05) is 36.7 Å². The topological polar surface area (TPSA) is 25.8 Å². The van der Waals surface area contributed by atoms with Gasteiger partial charge in [0.2, 0.25) is 0 Å². The van der Waals surface area contributed by atoms with Crippen molar-refractivity contribution in [1.29, 1.82) is 0 Å². The van der Waals surface area contributed by atoms with Crippen LogP contribution in [0.4, 0.5) is 0 Å². The van der Waals surface area contributed by atoms with Crippen LogP contribution in [0.25, 0.3) is 22.0 Å². The minimum absolute atomic E-state index is 0.232. The van der Waals surface area contributed by atoms with Gasteiger partial charge in [0.25, 0.3) is 0 Å². The summed E-state index contributed by atoms with van der Waals surface area (Å²) in [6.07, 6.45) is 3.73. The van der Waals surface area contributed by atoms with Gasteiger partial charge in [-0.15, -0.1) is 0 Å². The lowest BCUT2D eigenvalue weighted by Crippen LogP contribution is -1.94. The molecule has 0 radical (unpaired) electrons. The first-order valence-electron chi connectivity index (χ1n) is 6.20. The summed E-state index contributed by atoms with van der Waals surface area (Å²) in [4.78, 5) is 9.25. The van der Waals surface area contributed by atoms with Crippen molar-refractivity contribution in [2.75, 3.05) is 0 Å². The quantitative estimate of drug-likeness (QED) is 0.638. The van der Waals surface area contributed by atoms with E-state index in [2.05, 4.69) is 51.0 Å². The van der Waals surface area contributed by atoms with E-state index in [1.54, 1.807) is 0 Å². The van der Waals surface area contributed by atoms with Crippen LogP contribution in [0, 0.1) is 0 Å². The average Bonchev–Trinajstić information content (AvgIpc) is 2.47. The lowest BCUT2D eigenvalue weighted by Gasteiger charge is -2.11. The Morgan fingerprint density at radius 3 is 2.37 bits per heavy atom. The summed E-state index contributed by atoms with van der Waals surface area (Å²) in [6, 6.07) is 14.3. The van der Waals surface area contributed by atoms with Crippen LogP contribution in [0.5, 0.6) is 0 Å². The zero-order valence-electron chi connectivity index (χ0n) is 10.5. The number of nitrogens with zero attached hydrogens (tertiary/aromatic N) is 2. The number of hydrogen-bond acceptors (Lipinski definition) is 2. The summed E-state index contributed by atoms with van der Waals surface area (Å²) < 4.78 is 0. The minimum atomic E-state index is 0.232. The molecule has 19 heavy (non-hydrogen) atoms. The van der Waals surface area contributed by atoms with Crippen LogP contribution < -0.4 is 0 Å². The molecule has 1 atom stereocenters. The molecule has 0 aliphatic heterocycles. The van der Waals surface area contributed by atoms with Crippen molar-refractivity contribution in [2.24, 2.45) is 0 Å². The van der Waals surface area contributed by atoms with Gasteiger partial charge in [-0.2, -0.15) is 0 Å². The third-order valence-corrected chi connectivity index (χ3v) is 3.58. The van der Waals surface area contributed by atoms with Gasteiger partial charge in [0.1, 0.15) is 0 Å². The fourth-order valence-electron chi connectivity index (χ4n) is 2.26. The molecule has 0 saturated carbocycles. The van der Waals surface area contributed by atoms with E-state index in [0.29, 0.717) is 0 Å². The first-order valence-corrected chi connectivity index (χ1v) is 7.12. The lowest BCUT2D eigenvalue weighted by atomic mass is 10.0. The molecule has 0 aliphatic carbocycles. The first kappa shape index (κ1) is 12.3. The fourth-order valence-corrected chi connectivity index (χ4v) is 2.62. The highest BCUT2D eigenvalue weighted by Crippen LogP contribution is 2.32. The number of benzene rings is 1. The van der Waals surface area contributed by atoms with Crippen LogP contribution in [0.3, 0.4) is 0 Å². The van der Waals surface area contributed by atoms with Gasteiger partial charge in [-0.25, -0.2) is 0 Å². The molecule has 0 aliphatic rings. The Bertz CT molecular complexity index is 708. The maximum Gasteiger partial charge on any atom is 0.0723 e. The summed E-state index contributed by atoms with van der Waals surface area (Å²) in [6.45, 7) is 2.09. The van der Waals surface area contributed by atoms with Gasteiger partial charge in [0.15, 0.2) is 0 Å². The number of aromatic nitrogens is 2. The van der Waals surface area contributed by atoms with E-state index in [0.717, 1.165) is 17.0 Å². The summed E-state index contributed by atoms with van der Waals surface area (Å²) in [5.41, 5.74) is 3.10. The van der Waals surface area contributed by atoms with E-state index in [4.69, 9.17) is 0 Å². The summed E-state index contributed by atoms with van der Waals surface area (Å²) in [7, 11) is 0. The van der Waals surface area contributed by atoms with Crippen molar-refractivity contribution in [1.82, 2.24) is 9.97 Å². The predicted octanol–water partition coefficient (Wildman–Crippen LogP) is 4.75. The summed E-state index contributed by atoms with van der Waals surface area (Å²) in [5.74, 6) is 0. The van der Waals surface area contributed by atoms with Gasteiger partial charge < -0.3 is 0 Å². The maximum atomic E-state index is 4.60. The lowest BCUT2D eigenvalue weighted by molar-refractivity contribution is 1.05. The number of rotatable bonds is 2. The highest BCUT2D eigenvalue weighted by atomic mass is 79.9. The van der Waals surface area contributed by atoms with Crippen molar-refractivity contribution < 1.29 is 0 Å². The number of halogens is 1. The molecule has 0 spiro atoms. The molecule has 2 nitrogen and oxygen atoms in total. The normalized spacial score (nSPS) is 12.5. The fraction of sp³-hybridized carbons (Fsp3) is 0.125. The molecule has 2 aromatic heterocycles. The molecule has 94 valence electrons. The standard InChI is InChI=1S/C16H13BrN2/c1-11(17)16-13-7-3-2-6-12(13)14(10-19-16)15-8-4-5-9-18-15/h2-11H,1H3. The summed E-state index contributed by atoms with van der Waals surface area (Å²) in [5, 5.41) is 2.37. The molecule has 0 N–H and O–H groups in total. The zero-order chi connectivity index (χ0) is 13.2. The van der Waals surface area contributed by atoms with Crippen LogP contribution in [-0.4, -0.2) is 9.97 Å². The SMILES string of the molecule is CC(Br)c1ncc(-c2ccccn2)c2ccccc12. The van der Waals surface area contributed by atoms with Gasteiger partial charge in [0, 0.05) is 23.3 Å². The van der Waals surface area contributed by atoms with Gasteiger partial charge in [0.05, 0.1) is 16.2 Å². The predicted molar refractivity (Wildman–Crippen MR) is 82.3 cm³/mol. The third kappa shape index (κ3) is 2.26. The van der Waals surface area contributed by atoms with Crippen LogP contribution in [0.1, 0.15) is 17.4 Å². The van der Waals surface area contributed by atoms with E-state index < -0.39 is 0 Å². The Morgan fingerprint density at radius 1 is 0.947 bits per heavy atom. The van der Waals surface area contributed by atoms with E-state index >= 15 is 0 Å². The Morgan fingerprint density at radius 2 is 1.68 bits per heavy atom. The third-order valence-electron chi connectivity index (χ3n) is 3.14. The number of hydrogen-bond donors (Lipinski definition) is 0. The Labute approximate surface area is 120 Å². The number of alkyl halides is 1. The molecule has 1 aromatic carbocycles. The summed E-state index contributed by atoms with van der Waals surface area (Å²) >= 11 is 3.61. The number of pyridine rings is 2. The molecule has 3 aromatic rings. The molecular weight excluding hydrogens is 300 g/mol.